The summed E-state index contributed by atoms with van der Waals surface area (Å²) < 4.78 is 45.6. The number of rotatable bonds is 0. The number of hydrogen-bond donors (Lipinski definition) is 0. The van der Waals surface area contributed by atoms with Crippen molar-refractivity contribution < 1.29 is 22.7 Å². The van der Waals surface area contributed by atoms with Crippen molar-refractivity contribution in [1.82, 2.24) is 4.90 Å². The summed E-state index contributed by atoms with van der Waals surface area (Å²) in [6.45, 7) is 0.0585. The fraction of sp³-hybridized carbons (Fsp3) is 0.824. The molecule has 23 heavy (non-hydrogen) atoms. The van der Waals surface area contributed by atoms with Crippen LogP contribution in [0.15, 0.2) is 12.2 Å². The standard InChI is InChI=1S/C17H22F3NO2/c18-17(19,20)14(22)21-11-16-8-5-13(23-16)9-12(16)10-15(21)6-3-1-2-4-7-15/h5,8,12-13H,1-4,6-7,9-11H2. The number of nitrogens with zero attached hydrogens (tertiary/aromatic N) is 1. The Balaban J connectivity index is 1.71. The van der Waals surface area contributed by atoms with E-state index in [2.05, 4.69) is 0 Å². The molecule has 0 aromatic heterocycles. The van der Waals surface area contributed by atoms with Gasteiger partial charge in [0.25, 0.3) is 0 Å². The molecule has 0 N–H and O–H groups in total. The molecule has 3 heterocycles. The molecule has 1 aliphatic carbocycles. The summed E-state index contributed by atoms with van der Waals surface area (Å²) >= 11 is 0. The fourth-order valence-corrected chi connectivity index (χ4v) is 5.23. The Kier molecular flexibility index (Phi) is 3.35. The quantitative estimate of drug-likeness (QED) is 0.636. The molecule has 1 amide bonds. The lowest BCUT2D eigenvalue weighted by molar-refractivity contribution is -0.202. The summed E-state index contributed by atoms with van der Waals surface area (Å²) in [5.41, 5.74) is -1.30. The number of likely N-dealkylation sites (tertiary alicyclic amines) is 1. The van der Waals surface area contributed by atoms with E-state index in [0.29, 0.717) is 19.3 Å². The highest BCUT2D eigenvalue weighted by Gasteiger charge is 2.62. The number of ether oxygens (including phenoxy) is 1. The summed E-state index contributed by atoms with van der Waals surface area (Å²) in [5.74, 6) is -1.44. The number of hydrogen-bond acceptors (Lipinski definition) is 2. The Morgan fingerprint density at radius 3 is 2.48 bits per heavy atom. The number of halogens is 3. The van der Waals surface area contributed by atoms with Gasteiger partial charge in [-0.15, -0.1) is 0 Å². The summed E-state index contributed by atoms with van der Waals surface area (Å²) in [7, 11) is 0. The number of fused-ring (bicyclic) bond motifs is 1. The smallest absolute Gasteiger partial charge is 0.361 e. The first-order chi connectivity index (χ1) is 10.8. The van der Waals surface area contributed by atoms with Crippen molar-refractivity contribution in [2.75, 3.05) is 6.54 Å². The average Bonchev–Trinajstić information content (AvgIpc) is 2.95. The van der Waals surface area contributed by atoms with Gasteiger partial charge in [0.15, 0.2) is 0 Å². The molecule has 4 rings (SSSR count). The second-order valence-electron chi connectivity index (χ2n) is 7.63. The summed E-state index contributed by atoms with van der Waals surface area (Å²) in [4.78, 5) is 13.3. The average molecular weight is 329 g/mol. The highest BCUT2D eigenvalue weighted by Crippen LogP contribution is 2.54. The van der Waals surface area contributed by atoms with E-state index in [0.717, 1.165) is 37.0 Å². The molecule has 2 saturated heterocycles. The second kappa shape index (κ2) is 4.98. The normalized spacial score (nSPS) is 38.7. The molecule has 0 aromatic carbocycles. The zero-order valence-corrected chi connectivity index (χ0v) is 13.1. The number of piperidine rings is 1. The molecule has 6 heteroatoms. The van der Waals surface area contributed by atoms with Gasteiger partial charge >= 0.3 is 12.1 Å². The van der Waals surface area contributed by atoms with Crippen LogP contribution in [0.2, 0.25) is 0 Å². The van der Waals surface area contributed by atoms with Gasteiger partial charge in [0, 0.05) is 5.54 Å². The van der Waals surface area contributed by atoms with Gasteiger partial charge in [0.05, 0.1) is 12.6 Å². The Bertz CT molecular complexity index is 536. The van der Waals surface area contributed by atoms with Gasteiger partial charge in [-0.3, -0.25) is 4.79 Å². The first-order valence-corrected chi connectivity index (χ1v) is 8.61. The highest BCUT2D eigenvalue weighted by molar-refractivity contribution is 5.83. The van der Waals surface area contributed by atoms with Gasteiger partial charge in [-0.1, -0.05) is 37.8 Å². The maximum absolute atomic E-state index is 13.2. The third-order valence-corrected chi connectivity index (χ3v) is 6.30. The van der Waals surface area contributed by atoms with E-state index in [1.807, 2.05) is 12.2 Å². The minimum atomic E-state index is -4.82. The van der Waals surface area contributed by atoms with E-state index >= 15 is 0 Å². The first kappa shape index (κ1) is 15.5. The van der Waals surface area contributed by atoms with Gasteiger partial charge in [0.2, 0.25) is 0 Å². The highest BCUT2D eigenvalue weighted by atomic mass is 19.4. The van der Waals surface area contributed by atoms with Gasteiger partial charge in [-0.05, 0) is 31.6 Å². The molecule has 3 nitrogen and oxygen atoms in total. The van der Waals surface area contributed by atoms with Crippen LogP contribution in [0.5, 0.6) is 0 Å². The molecule has 0 radical (unpaired) electrons. The Morgan fingerprint density at radius 1 is 1.17 bits per heavy atom. The van der Waals surface area contributed by atoms with Gasteiger partial charge in [0.1, 0.15) is 5.60 Å². The molecule has 3 aliphatic heterocycles. The van der Waals surface area contributed by atoms with E-state index < -0.39 is 23.2 Å². The Hall–Kier alpha value is -1.04. The largest absolute Gasteiger partial charge is 0.471 e. The predicted molar refractivity (Wildman–Crippen MR) is 77.7 cm³/mol. The van der Waals surface area contributed by atoms with Crippen LogP contribution in [0.4, 0.5) is 13.2 Å². The molecule has 2 bridgehead atoms. The third kappa shape index (κ3) is 2.32. The van der Waals surface area contributed by atoms with Crippen LogP contribution in [-0.2, 0) is 9.53 Å². The van der Waals surface area contributed by atoms with Crippen LogP contribution >= 0.6 is 0 Å². The Morgan fingerprint density at radius 2 is 1.87 bits per heavy atom. The molecule has 3 fully saturated rings. The van der Waals surface area contributed by atoms with Crippen molar-refractivity contribution in [2.24, 2.45) is 5.92 Å². The van der Waals surface area contributed by atoms with E-state index in [1.165, 1.54) is 0 Å². The minimum absolute atomic E-state index is 0.0174. The molecular formula is C17H22F3NO2. The molecule has 0 aromatic rings. The predicted octanol–water partition coefficient (Wildman–Crippen LogP) is 3.59. The zero-order valence-electron chi connectivity index (χ0n) is 13.1. The number of carbonyl (C=O) groups is 1. The van der Waals surface area contributed by atoms with Crippen molar-refractivity contribution in [3.63, 3.8) is 0 Å². The van der Waals surface area contributed by atoms with Gasteiger partial charge < -0.3 is 9.64 Å². The maximum Gasteiger partial charge on any atom is 0.471 e. The van der Waals surface area contributed by atoms with Crippen LogP contribution in [0.25, 0.3) is 0 Å². The molecule has 1 saturated carbocycles. The van der Waals surface area contributed by atoms with E-state index in [9.17, 15) is 18.0 Å². The SMILES string of the molecule is O=C(N1CC23C=CC(CC2CC12CCCCCC2)O3)C(F)(F)F. The van der Waals surface area contributed by atoms with Crippen LogP contribution in [-0.4, -0.2) is 40.8 Å². The molecule has 128 valence electrons. The van der Waals surface area contributed by atoms with Crippen molar-refractivity contribution in [3.8, 4) is 0 Å². The number of amides is 1. The first-order valence-electron chi connectivity index (χ1n) is 8.61. The van der Waals surface area contributed by atoms with Crippen LogP contribution in [0, 0.1) is 5.92 Å². The van der Waals surface area contributed by atoms with Crippen molar-refractivity contribution >= 4 is 5.91 Å². The van der Waals surface area contributed by atoms with Crippen LogP contribution in [0.1, 0.15) is 51.4 Å². The van der Waals surface area contributed by atoms with E-state index in [-0.39, 0.29) is 18.6 Å². The lowest BCUT2D eigenvalue weighted by Gasteiger charge is -2.54. The third-order valence-electron chi connectivity index (χ3n) is 6.30. The fourth-order valence-electron chi connectivity index (χ4n) is 5.23. The lowest BCUT2D eigenvalue weighted by Crippen LogP contribution is -2.65. The van der Waals surface area contributed by atoms with Crippen molar-refractivity contribution in [3.05, 3.63) is 12.2 Å². The molecule has 4 aliphatic rings. The zero-order chi connectivity index (χ0) is 16.3. The van der Waals surface area contributed by atoms with E-state index in [4.69, 9.17) is 4.74 Å². The lowest BCUT2D eigenvalue weighted by atomic mass is 9.67. The van der Waals surface area contributed by atoms with Crippen LogP contribution in [0.3, 0.4) is 0 Å². The molecule has 3 atom stereocenters. The van der Waals surface area contributed by atoms with Crippen molar-refractivity contribution in [2.45, 2.75) is 74.8 Å². The second-order valence-corrected chi connectivity index (χ2v) is 7.63. The van der Waals surface area contributed by atoms with E-state index in [1.54, 1.807) is 0 Å². The van der Waals surface area contributed by atoms with Gasteiger partial charge in [-0.2, -0.15) is 13.2 Å². The summed E-state index contributed by atoms with van der Waals surface area (Å²) in [6, 6.07) is 0. The summed E-state index contributed by atoms with van der Waals surface area (Å²) in [6.07, 6.45) is 5.86. The summed E-state index contributed by atoms with van der Waals surface area (Å²) in [5, 5.41) is 0. The van der Waals surface area contributed by atoms with Crippen LogP contribution < -0.4 is 0 Å². The Labute approximate surface area is 133 Å². The molecular weight excluding hydrogens is 307 g/mol. The van der Waals surface area contributed by atoms with Crippen molar-refractivity contribution in [1.29, 1.82) is 0 Å². The van der Waals surface area contributed by atoms with Gasteiger partial charge in [-0.25, -0.2) is 0 Å². The molecule has 2 spiro atoms. The maximum atomic E-state index is 13.2. The monoisotopic (exact) mass is 329 g/mol. The topological polar surface area (TPSA) is 29.5 Å². The number of alkyl halides is 3. The number of carbonyl (C=O) groups excluding carboxylic acids is 1. The minimum Gasteiger partial charge on any atom is -0.361 e. The molecule has 3 unspecified atom stereocenters.